The van der Waals surface area contributed by atoms with Crippen LogP contribution in [0.3, 0.4) is 0 Å². The summed E-state index contributed by atoms with van der Waals surface area (Å²) >= 11 is 13.3. The molecule has 1 aromatic carbocycles. The maximum Gasteiger partial charge on any atom is 0.355 e. The summed E-state index contributed by atoms with van der Waals surface area (Å²) in [6.45, 7) is 1.92. The Morgan fingerprint density at radius 2 is 1.95 bits per heavy atom. The van der Waals surface area contributed by atoms with Gasteiger partial charge in [-0.05, 0) is 36.2 Å². The second kappa shape index (κ2) is 6.28. The number of aryl methyl sites for hydroxylation is 1. The Morgan fingerprint density at radius 1 is 1.14 bits per heavy atom. The van der Waals surface area contributed by atoms with E-state index in [1.165, 1.54) is 16.2 Å². The number of hydrogen-bond donors (Lipinski definition) is 0. The molecule has 7 heteroatoms. The molecule has 0 amide bonds. The van der Waals surface area contributed by atoms with Gasteiger partial charge in [-0.1, -0.05) is 47.1 Å². The van der Waals surface area contributed by atoms with Gasteiger partial charge in [0.1, 0.15) is 5.65 Å². The molecule has 0 N–H and O–H groups in total. The zero-order chi connectivity index (χ0) is 15.7. The van der Waals surface area contributed by atoms with Gasteiger partial charge in [0.25, 0.3) is 0 Å². The molecule has 3 aromatic rings. The largest absolute Gasteiger partial charge is 0.355 e. The second-order valence-electron chi connectivity index (χ2n) is 4.76. The van der Waals surface area contributed by atoms with E-state index in [0.29, 0.717) is 26.6 Å². The van der Waals surface area contributed by atoms with Crippen molar-refractivity contribution in [3.63, 3.8) is 0 Å². The number of rotatable bonds is 3. The lowest BCUT2D eigenvalue weighted by Gasteiger charge is -2.05. The molecule has 0 aliphatic carbocycles. The molecule has 3 rings (SSSR count). The predicted molar refractivity (Wildman–Crippen MR) is 90.0 cm³/mol. The summed E-state index contributed by atoms with van der Waals surface area (Å²) in [5.41, 5.74) is 2.23. The lowest BCUT2D eigenvalue weighted by atomic mass is 10.2. The Balaban J connectivity index is 1.86. The number of fused-ring (bicyclic) bond motifs is 1. The van der Waals surface area contributed by atoms with Crippen LogP contribution >= 0.6 is 35.0 Å². The van der Waals surface area contributed by atoms with Gasteiger partial charge in [0.15, 0.2) is 5.16 Å². The third-order valence-corrected chi connectivity index (χ3v) is 4.69. The molecule has 0 bridgehead atoms. The van der Waals surface area contributed by atoms with Gasteiger partial charge in [-0.15, -0.1) is 0 Å². The highest BCUT2D eigenvalue weighted by Crippen LogP contribution is 2.26. The fourth-order valence-electron chi connectivity index (χ4n) is 1.94. The van der Waals surface area contributed by atoms with Crippen LogP contribution in [0.4, 0.5) is 0 Å². The molecule has 0 fully saturated rings. The van der Waals surface area contributed by atoms with Gasteiger partial charge in [-0.25, -0.2) is 9.78 Å². The number of hydrogen-bond acceptors (Lipinski definition) is 4. The molecule has 22 heavy (non-hydrogen) atoms. The molecule has 0 spiro atoms. The molecule has 0 atom stereocenters. The first-order chi connectivity index (χ1) is 10.5. The molecule has 0 saturated carbocycles. The Bertz CT molecular complexity index is 911. The number of halogens is 2. The normalized spacial score (nSPS) is 11.0. The van der Waals surface area contributed by atoms with E-state index in [-0.39, 0.29) is 5.69 Å². The van der Waals surface area contributed by atoms with Gasteiger partial charge >= 0.3 is 5.69 Å². The van der Waals surface area contributed by atoms with Gasteiger partial charge in [-0.2, -0.15) is 4.98 Å². The van der Waals surface area contributed by atoms with Crippen LogP contribution in [-0.4, -0.2) is 14.4 Å². The molecule has 2 aromatic heterocycles. The summed E-state index contributed by atoms with van der Waals surface area (Å²) in [7, 11) is 0. The number of pyridine rings is 1. The zero-order valence-corrected chi connectivity index (χ0v) is 13.9. The first-order valence-electron chi connectivity index (χ1n) is 6.47. The summed E-state index contributed by atoms with van der Waals surface area (Å²) in [5.74, 6) is 0.609. The number of benzene rings is 1. The fraction of sp³-hybridized carbons (Fsp3) is 0.133. The van der Waals surface area contributed by atoms with E-state index in [1.807, 2.05) is 25.1 Å². The van der Waals surface area contributed by atoms with Crippen molar-refractivity contribution >= 4 is 40.6 Å². The average Bonchev–Trinajstić information content (AvgIpc) is 2.49. The third kappa shape index (κ3) is 3.27. The Labute approximate surface area is 141 Å². The number of nitrogens with zero attached hydrogens (tertiary/aromatic N) is 3. The van der Waals surface area contributed by atoms with E-state index >= 15 is 0 Å². The van der Waals surface area contributed by atoms with Crippen molar-refractivity contribution in [1.29, 1.82) is 0 Å². The van der Waals surface area contributed by atoms with Crippen molar-refractivity contribution in [3.8, 4) is 0 Å². The second-order valence-corrected chi connectivity index (χ2v) is 6.52. The summed E-state index contributed by atoms with van der Waals surface area (Å²) in [6, 6.07) is 9.15. The number of thioether (sulfide) groups is 1. The number of aromatic nitrogens is 3. The predicted octanol–water partition coefficient (Wildman–Crippen LogP) is 4.00. The van der Waals surface area contributed by atoms with Crippen molar-refractivity contribution in [2.45, 2.75) is 17.8 Å². The van der Waals surface area contributed by atoms with Gasteiger partial charge in [0, 0.05) is 11.9 Å². The van der Waals surface area contributed by atoms with Crippen LogP contribution in [0.2, 0.25) is 10.0 Å². The Morgan fingerprint density at radius 3 is 2.73 bits per heavy atom. The minimum Gasteiger partial charge on any atom is -0.251 e. The summed E-state index contributed by atoms with van der Waals surface area (Å²) in [4.78, 5) is 20.4. The van der Waals surface area contributed by atoms with Crippen LogP contribution in [0.5, 0.6) is 0 Å². The molecule has 0 aliphatic rings. The first-order valence-corrected chi connectivity index (χ1v) is 8.21. The molecule has 2 heterocycles. The van der Waals surface area contributed by atoms with Crippen LogP contribution in [0.15, 0.2) is 46.5 Å². The van der Waals surface area contributed by atoms with Crippen LogP contribution in [0, 0.1) is 6.92 Å². The highest BCUT2D eigenvalue weighted by atomic mass is 35.5. The minimum absolute atomic E-state index is 0.328. The summed E-state index contributed by atoms with van der Waals surface area (Å²) < 4.78 is 1.44. The van der Waals surface area contributed by atoms with Gasteiger partial charge < -0.3 is 0 Å². The highest BCUT2D eigenvalue weighted by Gasteiger charge is 2.06. The molecule has 0 unspecified atom stereocenters. The third-order valence-electron chi connectivity index (χ3n) is 3.03. The van der Waals surface area contributed by atoms with Gasteiger partial charge in [0.05, 0.1) is 10.0 Å². The van der Waals surface area contributed by atoms with Crippen molar-refractivity contribution in [2.75, 3.05) is 0 Å². The summed E-state index contributed by atoms with van der Waals surface area (Å²) in [6.07, 6.45) is 1.73. The zero-order valence-electron chi connectivity index (χ0n) is 11.6. The Hall–Kier alpha value is -1.56. The average molecular weight is 352 g/mol. The molecule has 0 saturated heterocycles. The van der Waals surface area contributed by atoms with Gasteiger partial charge in [-0.3, -0.25) is 4.40 Å². The van der Waals surface area contributed by atoms with Gasteiger partial charge in [0.2, 0.25) is 0 Å². The van der Waals surface area contributed by atoms with E-state index in [0.717, 1.165) is 11.1 Å². The first kappa shape index (κ1) is 15.3. The van der Waals surface area contributed by atoms with Crippen LogP contribution in [0.1, 0.15) is 11.1 Å². The van der Waals surface area contributed by atoms with Crippen molar-refractivity contribution in [2.24, 2.45) is 0 Å². The smallest absolute Gasteiger partial charge is 0.251 e. The van der Waals surface area contributed by atoms with E-state index < -0.39 is 0 Å². The van der Waals surface area contributed by atoms with Crippen molar-refractivity contribution in [3.05, 3.63) is 68.2 Å². The van der Waals surface area contributed by atoms with E-state index in [4.69, 9.17) is 23.2 Å². The van der Waals surface area contributed by atoms with Crippen molar-refractivity contribution < 1.29 is 0 Å². The lowest BCUT2D eigenvalue weighted by molar-refractivity contribution is 0.843. The van der Waals surface area contributed by atoms with Crippen LogP contribution in [0.25, 0.3) is 5.65 Å². The molecule has 0 aliphatic heterocycles. The molecule has 4 nitrogen and oxygen atoms in total. The fourth-order valence-corrected chi connectivity index (χ4v) is 3.04. The maximum atomic E-state index is 12.0. The topological polar surface area (TPSA) is 47.3 Å². The van der Waals surface area contributed by atoms with Crippen LogP contribution < -0.4 is 5.69 Å². The molecule has 112 valence electrons. The summed E-state index contributed by atoms with van der Waals surface area (Å²) in [5, 5.41) is 1.47. The standard InChI is InChI=1S/C15H11Cl2N3OS/c1-9-2-5-13-18-14(19-15(21)20(13)7-9)22-8-10-3-4-11(16)12(17)6-10/h2-7H,8H2,1H3. The van der Waals surface area contributed by atoms with E-state index in [9.17, 15) is 4.79 Å². The molecule has 0 radical (unpaired) electrons. The van der Waals surface area contributed by atoms with Crippen LogP contribution in [-0.2, 0) is 5.75 Å². The quantitative estimate of drug-likeness (QED) is 0.669. The highest BCUT2D eigenvalue weighted by molar-refractivity contribution is 7.98. The monoisotopic (exact) mass is 351 g/mol. The molecular formula is C15H11Cl2N3OS. The van der Waals surface area contributed by atoms with E-state index in [1.54, 1.807) is 18.3 Å². The SMILES string of the molecule is Cc1ccc2nc(SCc3ccc(Cl)c(Cl)c3)nc(=O)n2c1. The molecular weight excluding hydrogens is 341 g/mol. The maximum absolute atomic E-state index is 12.0. The lowest BCUT2D eigenvalue weighted by Crippen LogP contribution is -2.19. The van der Waals surface area contributed by atoms with E-state index in [2.05, 4.69) is 9.97 Å². The minimum atomic E-state index is -0.328. The Kier molecular flexibility index (Phi) is 4.38. The van der Waals surface area contributed by atoms with Crippen molar-refractivity contribution in [1.82, 2.24) is 14.4 Å².